The first-order valence-electron chi connectivity index (χ1n) is 10.6. The number of hydrogen-bond donors (Lipinski definition) is 3. The lowest BCUT2D eigenvalue weighted by atomic mass is 9.99. The quantitative estimate of drug-likeness (QED) is 0.582. The molecule has 4 nitrogen and oxygen atoms in total. The van der Waals surface area contributed by atoms with Gasteiger partial charge in [-0.15, -0.1) is 0 Å². The van der Waals surface area contributed by atoms with Gasteiger partial charge < -0.3 is 10.6 Å². The molecular weight excluding hydrogens is 344 g/mol. The van der Waals surface area contributed by atoms with Crippen molar-refractivity contribution in [2.45, 2.75) is 58.5 Å². The molecule has 0 saturated carbocycles. The third kappa shape index (κ3) is 3.56. The van der Waals surface area contributed by atoms with Crippen LogP contribution in [0.4, 0.5) is 5.69 Å². The van der Waals surface area contributed by atoms with E-state index in [1.165, 1.54) is 64.0 Å². The van der Waals surface area contributed by atoms with Gasteiger partial charge in [-0.2, -0.15) is 0 Å². The minimum Gasteiger partial charge on any atom is -0.384 e. The average molecular weight is 377 g/mol. The van der Waals surface area contributed by atoms with E-state index in [0.29, 0.717) is 12.1 Å². The van der Waals surface area contributed by atoms with Crippen LogP contribution in [0, 0.1) is 0 Å². The number of fused-ring (bicyclic) bond motifs is 2. The Balaban J connectivity index is 1.81. The van der Waals surface area contributed by atoms with Gasteiger partial charge in [-0.05, 0) is 60.4 Å². The summed E-state index contributed by atoms with van der Waals surface area (Å²) in [7, 11) is 2.06. The number of aromatic nitrogens is 2. The Bertz CT molecular complexity index is 1080. The van der Waals surface area contributed by atoms with Crippen molar-refractivity contribution in [1.29, 1.82) is 0 Å². The van der Waals surface area contributed by atoms with E-state index in [2.05, 4.69) is 90.8 Å². The molecule has 4 rings (SSSR count). The first kappa shape index (κ1) is 18.7. The van der Waals surface area contributed by atoms with Crippen LogP contribution in [0.2, 0.25) is 0 Å². The van der Waals surface area contributed by atoms with E-state index in [-0.39, 0.29) is 0 Å². The molecule has 0 fully saturated rings. The lowest BCUT2D eigenvalue weighted by Crippen LogP contribution is -2.40. The van der Waals surface area contributed by atoms with E-state index in [1.54, 1.807) is 0 Å². The molecule has 3 N–H and O–H groups in total. The molecule has 3 aromatic rings. The SMILES string of the molecule is CCCC(CCC)Nc1cc(-c2ccc3[nH]n(C)c3c2)cc2c1=CNC(C)C=2. The third-order valence-corrected chi connectivity index (χ3v) is 5.75. The summed E-state index contributed by atoms with van der Waals surface area (Å²) >= 11 is 0. The lowest BCUT2D eigenvalue weighted by Gasteiger charge is -2.22. The summed E-state index contributed by atoms with van der Waals surface area (Å²) in [4.78, 5) is 0. The highest BCUT2D eigenvalue weighted by Gasteiger charge is 2.13. The van der Waals surface area contributed by atoms with Crippen molar-refractivity contribution in [1.82, 2.24) is 15.1 Å². The highest BCUT2D eigenvalue weighted by molar-refractivity contribution is 5.84. The second-order valence-corrected chi connectivity index (χ2v) is 8.11. The van der Waals surface area contributed by atoms with Gasteiger partial charge in [-0.1, -0.05) is 38.8 Å². The average Bonchev–Trinajstić information content (AvgIpc) is 2.67. The summed E-state index contributed by atoms with van der Waals surface area (Å²) in [5, 5.41) is 13.2. The number of anilines is 1. The molecule has 0 saturated heterocycles. The standard InChI is InChI=1S/C24H32N4/c1-5-7-20(8-6-2)26-23-13-18(12-19-11-16(3)25-15-21(19)23)17-9-10-22-24(14-17)28(4)27-22/h9-16,20,25-27H,5-8H2,1-4H3. The molecule has 1 aliphatic heterocycles. The fourth-order valence-electron chi connectivity index (χ4n) is 4.27. The Morgan fingerprint density at radius 1 is 1.07 bits per heavy atom. The zero-order valence-corrected chi connectivity index (χ0v) is 17.5. The number of H-pyrrole nitrogens is 1. The van der Waals surface area contributed by atoms with E-state index in [0.717, 1.165) is 0 Å². The summed E-state index contributed by atoms with van der Waals surface area (Å²) in [6, 6.07) is 12.2. The molecule has 2 heterocycles. The summed E-state index contributed by atoms with van der Waals surface area (Å²) in [6.45, 7) is 6.74. The monoisotopic (exact) mass is 376 g/mol. The molecule has 4 heteroatoms. The fraction of sp³-hybridized carbons (Fsp3) is 0.417. The number of aryl methyl sites for hydroxylation is 1. The predicted molar refractivity (Wildman–Crippen MR) is 121 cm³/mol. The predicted octanol–water partition coefficient (Wildman–Crippen LogP) is 4.06. The molecular formula is C24H32N4. The first-order valence-corrected chi connectivity index (χ1v) is 10.6. The van der Waals surface area contributed by atoms with Crippen LogP contribution in [0.3, 0.4) is 0 Å². The molecule has 1 aliphatic rings. The number of nitrogens with one attached hydrogen (secondary N) is 3. The minimum atomic E-state index is 0.352. The van der Waals surface area contributed by atoms with Crippen LogP contribution in [-0.2, 0) is 7.05 Å². The van der Waals surface area contributed by atoms with Crippen LogP contribution in [0.5, 0.6) is 0 Å². The molecule has 0 aliphatic carbocycles. The molecule has 0 amide bonds. The van der Waals surface area contributed by atoms with E-state index < -0.39 is 0 Å². The highest BCUT2D eigenvalue weighted by atomic mass is 15.3. The van der Waals surface area contributed by atoms with Gasteiger partial charge in [0.1, 0.15) is 0 Å². The number of benzene rings is 2. The van der Waals surface area contributed by atoms with Gasteiger partial charge in [0, 0.05) is 36.2 Å². The smallest absolute Gasteiger partial charge is 0.0824 e. The number of hydrogen-bond acceptors (Lipinski definition) is 2. The second kappa shape index (κ2) is 7.78. The maximum absolute atomic E-state index is 3.87. The Hall–Kier alpha value is -2.62. The number of nitrogens with zero attached hydrogens (tertiary/aromatic N) is 1. The highest BCUT2D eigenvalue weighted by Crippen LogP contribution is 2.25. The Labute approximate surface area is 167 Å². The normalized spacial score (nSPS) is 15.8. The number of aromatic amines is 1. The second-order valence-electron chi connectivity index (χ2n) is 8.11. The topological polar surface area (TPSA) is 44.8 Å². The maximum Gasteiger partial charge on any atom is 0.0824 e. The zero-order chi connectivity index (χ0) is 19.7. The van der Waals surface area contributed by atoms with Crippen molar-refractivity contribution >= 4 is 29.0 Å². The molecule has 1 unspecified atom stereocenters. The van der Waals surface area contributed by atoms with Gasteiger partial charge in [0.05, 0.1) is 11.0 Å². The Kier molecular flexibility index (Phi) is 5.21. The van der Waals surface area contributed by atoms with Crippen molar-refractivity contribution in [3.8, 4) is 11.1 Å². The van der Waals surface area contributed by atoms with Gasteiger partial charge in [0.25, 0.3) is 0 Å². The zero-order valence-electron chi connectivity index (χ0n) is 17.5. The van der Waals surface area contributed by atoms with Crippen molar-refractivity contribution in [2.75, 3.05) is 5.32 Å². The molecule has 0 radical (unpaired) electrons. The van der Waals surface area contributed by atoms with Gasteiger partial charge in [0.2, 0.25) is 0 Å². The van der Waals surface area contributed by atoms with Crippen LogP contribution >= 0.6 is 0 Å². The van der Waals surface area contributed by atoms with Gasteiger partial charge in [-0.3, -0.25) is 9.78 Å². The van der Waals surface area contributed by atoms with E-state index >= 15 is 0 Å². The lowest BCUT2D eigenvalue weighted by molar-refractivity contribution is 0.586. The van der Waals surface area contributed by atoms with E-state index in [1.807, 2.05) is 0 Å². The first-order chi connectivity index (χ1) is 13.6. The van der Waals surface area contributed by atoms with Gasteiger partial charge >= 0.3 is 0 Å². The Morgan fingerprint density at radius 3 is 2.57 bits per heavy atom. The summed E-state index contributed by atoms with van der Waals surface area (Å²) in [6.07, 6.45) is 9.32. The van der Waals surface area contributed by atoms with Crippen molar-refractivity contribution in [3.63, 3.8) is 0 Å². The van der Waals surface area contributed by atoms with Crippen molar-refractivity contribution in [3.05, 3.63) is 40.8 Å². The molecule has 148 valence electrons. The minimum absolute atomic E-state index is 0.352. The van der Waals surface area contributed by atoms with Crippen LogP contribution < -0.4 is 21.1 Å². The third-order valence-electron chi connectivity index (χ3n) is 5.75. The van der Waals surface area contributed by atoms with Crippen molar-refractivity contribution < 1.29 is 0 Å². The molecule has 0 spiro atoms. The summed E-state index contributed by atoms with van der Waals surface area (Å²) in [5.41, 5.74) is 6.23. The van der Waals surface area contributed by atoms with Crippen LogP contribution in [0.1, 0.15) is 46.5 Å². The maximum atomic E-state index is 3.87. The molecule has 2 aromatic carbocycles. The molecule has 1 aromatic heterocycles. The van der Waals surface area contributed by atoms with Gasteiger partial charge in [0.15, 0.2) is 0 Å². The van der Waals surface area contributed by atoms with Crippen molar-refractivity contribution in [2.24, 2.45) is 7.05 Å². The summed E-state index contributed by atoms with van der Waals surface area (Å²) < 4.78 is 2.07. The summed E-state index contributed by atoms with van der Waals surface area (Å²) in [5.74, 6) is 0. The van der Waals surface area contributed by atoms with Crippen LogP contribution in [-0.4, -0.2) is 21.9 Å². The molecule has 0 bridgehead atoms. The van der Waals surface area contributed by atoms with E-state index in [4.69, 9.17) is 0 Å². The largest absolute Gasteiger partial charge is 0.384 e. The number of rotatable bonds is 7. The van der Waals surface area contributed by atoms with Crippen LogP contribution in [0.15, 0.2) is 30.3 Å². The van der Waals surface area contributed by atoms with E-state index in [9.17, 15) is 0 Å². The molecule has 1 atom stereocenters. The fourth-order valence-corrected chi connectivity index (χ4v) is 4.27. The molecule has 28 heavy (non-hydrogen) atoms. The van der Waals surface area contributed by atoms with Crippen LogP contribution in [0.25, 0.3) is 34.4 Å². The van der Waals surface area contributed by atoms with Gasteiger partial charge in [-0.25, -0.2) is 0 Å². The Morgan fingerprint density at radius 2 is 1.86 bits per heavy atom.